The van der Waals surface area contributed by atoms with Gasteiger partial charge in [-0.2, -0.15) is 5.10 Å². The van der Waals surface area contributed by atoms with Crippen molar-refractivity contribution in [3.05, 3.63) is 17.0 Å². The molecule has 1 aromatic rings. The van der Waals surface area contributed by atoms with E-state index in [0.717, 1.165) is 42.9 Å². The summed E-state index contributed by atoms with van der Waals surface area (Å²) < 4.78 is 1.85. The van der Waals surface area contributed by atoms with Crippen LogP contribution >= 0.6 is 0 Å². The van der Waals surface area contributed by atoms with Crippen LogP contribution in [0.2, 0.25) is 0 Å². The Morgan fingerprint density at radius 1 is 1.37 bits per heavy atom. The second kappa shape index (κ2) is 4.61. The molecule has 0 saturated heterocycles. The minimum Gasteiger partial charge on any atom is -0.394 e. The van der Waals surface area contributed by atoms with Gasteiger partial charge in [-0.25, -0.2) is 0 Å². The highest BCUT2D eigenvalue weighted by Gasteiger charge is 2.33. The molecule has 2 aliphatic rings. The smallest absolute Gasteiger partial charge is 0.272 e. The van der Waals surface area contributed by atoms with Crippen LogP contribution in [0.4, 0.5) is 0 Å². The highest BCUT2D eigenvalue weighted by Crippen LogP contribution is 2.25. The first-order chi connectivity index (χ1) is 9.11. The normalized spacial score (nSPS) is 24.1. The van der Waals surface area contributed by atoms with Crippen molar-refractivity contribution in [2.75, 3.05) is 27.2 Å². The van der Waals surface area contributed by atoms with Crippen molar-refractivity contribution in [2.45, 2.75) is 32.0 Å². The topological polar surface area (TPSA) is 61.6 Å². The summed E-state index contributed by atoms with van der Waals surface area (Å²) in [6.45, 7) is 2.49. The highest BCUT2D eigenvalue weighted by atomic mass is 16.3. The monoisotopic (exact) mass is 264 g/mol. The summed E-state index contributed by atoms with van der Waals surface area (Å²) in [5.74, 6) is -0.0133. The summed E-state index contributed by atoms with van der Waals surface area (Å²) in [5, 5.41) is 14.0. The van der Waals surface area contributed by atoms with Crippen molar-refractivity contribution in [2.24, 2.45) is 0 Å². The SMILES string of the molecule is CN1CCc2nn3c(c2C1)C(=O)N(C)C(CO)CC3. The summed E-state index contributed by atoms with van der Waals surface area (Å²) in [5.41, 5.74) is 2.86. The molecular formula is C13H20N4O2. The molecule has 1 amide bonds. The molecule has 1 atom stereocenters. The van der Waals surface area contributed by atoms with Crippen molar-refractivity contribution in [3.8, 4) is 0 Å². The molecule has 0 radical (unpaired) electrons. The molecule has 19 heavy (non-hydrogen) atoms. The molecule has 1 unspecified atom stereocenters. The van der Waals surface area contributed by atoms with E-state index in [1.165, 1.54) is 0 Å². The molecular weight excluding hydrogens is 244 g/mol. The number of carbonyl (C=O) groups is 1. The molecule has 6 nitrogen and oxygen atoms in total. The van der Waals surface area contributed by atoms with Gasteiger partial charge in [-0.1, -0.05) is 0 Å². The van der Waals surface area contributed by atoms with Gasteiger partial charge in [0.1, 0.15) is 5.69 Å². The average molecular weight is 264 g/mol. The molecule has 0 bridgehead atoms. The molecule has 6 heteroatoms. The van der Waals surface area contributed by atoms with Crippen LogP contribution in [0.3, 0.4) is 0 Å². The van der Waals surface area contributed by atoms with Crippen LogP contribution in [-0.2, 0) is 19.5 Å². The molecule has 0 saturated carbocycles. The molecule has 1 N–H and O–H groups in total. The zero-order valence-corrected chi connectivity index (χ0v) is 11.5. The summed E-state index contributed by atoms with van der Waals surface area (Å²) in [7, 11) is 3.83. The molecule has 2 aliphatic heterocycles. The van der Waals surface area contributed by atoms with E-state index in [1.54, 1.807) is 11.9 Å². The number of hydrogen-bond donors (Lipinski definition) is 1. The van der Waals surface area contributed by atoms with E-state index in [1.807, 2.05) is 4.68 Å². The molecule has 0 fully saturated rings. The number of carbonyl (C=O) groups excluding carboxylic acids is 1. The van der Waals surface area contributed by atoms with Gasteiger partial charge in [0.25, 0.3) is 5.91 Å². The number of nitrogens with zero attached hydrogens (tertiary/aromatic N) is 4. The number of aromatic nitrogens is 2. The van der Waals surface area contributed by atoms with Crippen LogP contribution in [0.15, 0.2) is 0 Å². The Morgan fingerprint density at radius 2 is 2.16 bits per heavy atom. The minimum atomic E-state index is -0.105. The fourth-order valence-corrected chi connectivity index (χ4v) is 2.97. The standard InChI is InChI=1S/C13H20N4O2/c1-15-5-4-11-10(7-15)12-13(19)16(2)9(8-18)3-6-17(12)14-11/h9,18H,3-8H2,1-2H3. The summed E-state index contributed by atoms with van der Waals surface area (Å²) in [6.07, 6.45) is 1.66. The Bertz CT molecular complexity index is 511. The van der Waals surface area contributed by atoms with E-state index in [4.69, 9.17) is 0 Å². The van der Waals surface area contributed by atoms with Gasteiger partial charge in [0.15, 0.2) is 0 Å². The lowest BCUT2D eigenvalue weighted by atomic mass is 10.1. The minimum absolute atomic E-state index is 0.00909. The fraction of sp³-hybridized carbons (Fsp3) is 0.692. The zero-order chi connectivity index (χ0) is 13.6. The molecule has 0 aromatic carbocycles. The molecule has 0 spiro atoms. The van der Waals surface area contributed by atoms with Crippen molar-refractivity contribution >= 4 is 5.91 Å². The Kier molecular flexibility index (Phi) is 3.06. The van der Waals surface area contributed by atoms with E-state index in [0.29, 0.717) is 6.54 Å². The maximum Gasteiger partial charge on any atom is 0.272 e. The third-order valence-corrected chi connectivity index (χ3v) is 4.25. The van der Waals surface area contributed by atoms with Gasteiger partial charge in [0, 0.05) is 38.7 Å². The Balaban J connectivity index is 2.03. The first kappa shape index (κ1) is 12.6. The first-order valence-corrected chi connectivity index (χ1v) is 6.77. The third-order valence-electron chi connectivity index (χ3n) is 4.25. The van der Waals surface area contributed by atoms with Crippen LogP contribution in [0.5, 0.6) is 0 Å². The van der Waals surface area contributed by atoms with Gasteiger partial charge in [-0.15, -0.1) is 0 Å². The van der Waals surface area contributed by atoms with Crippen molar-refractivity contribution in [3.63, 3.8) is 0 Å². The molecule has 104 valence electrons. The van der Waals surface area contributed by atoms with E-state index >= 15 is 0 Å². The van der Waals surface area contributed by atoms with Crippen molar-refractivity contribution in [1.29, 1.82) is 0 Å². The van der Waals surface area contributed by atoms with Crippen LogP contribution in [0.1, 0.15) is 28.2 Å². The largest absolute Gasteiger partial charge is 0.394 e. The van der Waals surface area contributed by atoms with Gasteiger partial charge >= 0.3 is 0 Å². The number of aliphatic hydroxyl groups excluding tert-OH is 1. The number of amides is 1. The Labute approximate surface area is 112 Å². The van der Waals surface area contributed by atoms with E-state index in [-0.39, 0.29) is 18.6 Å². The highest BCUT2D eigenvalue weighted by molar-refractivity contribution is 5.94. The first-order valence-electron chi connectivity index (χ1n) is 6.77. The summed E-state index contributed by atoms with van der Waals surface area (Å²) in [4.78, 5) is 16.5. The van der Waals surface area contributed by atoms with Crippen LogP contribution in [0.25, 0.3) is 0 Å². The summed E-state index contributed by atoms with van der Waals surface area (Å²) >= 11 is 0. The third kappa shape index (κ3) is 1.95. The van der Waals surface area contributed by atoms with Gasteiger partial charge in [0.2, 0.25) is 0 Å². The molecule has 0 aliphatic carbocycles. The lowest BCUT2D eigenvalue weighted by Crippen LogP contribution is -2.39. The van der Waals surface area contributed by atoms with Crippen LogP contribution in [0, 0.1) is 0 Å². The number of aryl methyl sites for hydroxylation is 1. The number of hydrogen-bond acceptors (Lipinski definition) is 4. The van der Waals surface area contributed by atoms with Crippen LogP contribution < -0.4 is 0 Å². The summed E-state index contributed by atoms with van der Waals surface area (Å²) in [6, 6.07) is -0.105. The molecule has 3 heterocycles. The second-order valence-electron chi connectivity index (χ2n) is 5.53. The lowest BCUT2D eigenvalue weighted by molar-refractivity contribution is 0.0660. The fourth-order valence-electron chi connectivity index (χ4n) is 2.97. The average Bonchev–Trinajstić information content (AvgIpc) is 2.70. The number of rotatable bonds is 1. The number of likely N-dealkylation sites (N-methyl/N-ethyl adjacent to an activating group) is 2. The molecule has 1 aromatic heterocycles. The Hall–Kier alpha value is -1.40. The van der Waals surface area contributed by atoms with Gasteiger partial charge in [-0.05, 0) is 13.5 Å². The van der Waals surface area contributed by atoms with E-state index in [9.17, 15) is 9.90 Å². The lowest BCUT2D eigenvalue weighted by Gasteiger charge is -2.25. The number of aliphatic hydroxyl groups is 1. The van der Waals surface area contributed by atoms with Gasteiger partial charge in [-0.3, -0.25) is 9.48 Å². The maximum absolute atomic E-state index is 12.6. The van der Waals surface area contributed by atoms with Crippen LogP contribution in [-0.4, -0.2) is 63.9 Å². The number of fused-ring (bicyclic) bond motifs is 3. The van der Waals surface area contributed by atoms with Crippen molar-refractivity contribution < 1.29 is 9.90 Å². The zero-order valence-electron chi connectivity index (χ0n) is 11.5. The second-order valence-corrected chi connectivity index (χ2v) is 5.53. The van der Waals surface area contributed by atoms with Gasteiger partial charge < -0.3 is 14.9 Å². The maximum atomic E-state index is 12.6. The Morgan fingerprint density at radius 3 is 2.89 bits per heavy atom. The quantitative estimate of drug-likeness (QED) is 0.757. The van der Waals surface area contributed by atoms with E-state index < -0.39 is 0 Å². The van der Waals surface area contributed by atoms with E-state index in [2.05, 4.69) is 17.0 Å². The van der Waals surface area contributed by atoms with Gasteiger partial charge in [0.05, 0.1) is 18.3 Å². The predicted molar refractivity (Wildman–Crippen MR) is 69.8 cm³/mol. The predicted octanol–water partition coefficient (Wildman–Crippen LogP) is -0.292. The van der Waals surface area contributed by atoms with Crippen molar-refractivity contribution in [1.82, 2.24) is 19.6 Å². The molecule has 3 rings (SSSR count).